The third kappa shape index (κ3) is 4.83. The summed E-state index contributed by atoms with van der Waals surface area (Å²) in [5.74, 6) is -2.43. The zero-order chi connectivity index (χ0) is 23.7. The number of nitrogens with zero attached hydrogens (tertiary/aromatic N) is 2. The number of benzene rings is 2. The van der Waals surface area contributed by atoms with Crippen LogP contribution in [0.3, 0.4) is 0 Å². The first-order valence-electron chi connectivity index (χ1n) is 8.64. The summed E-state index contributed by atoms with van der Waals surface area (Å²) in [4.78, 5) is 18.9. The minimum absolute atomic E-state index is 0.0688. The zero-order valence-corrected chi connectivity index (χ0v) is 15.7. The Labute approximate surface area is 175 Å². The third-order valence-electron chi connectivity index (χ3n) is 4.19. The number of aromatic nitrogens is 2. The average molecular weight is 455 g/mol. The predicted octanol–water partition coefficient (Wildman–Crippen LogP) is 5.25. The standard InChI is InChI=1S/C20H11F6N3O3/c21-19(22,23)11-5-10(6-12(7-11)20(24,25)26)18(31)32-9-16(30)13(8-27)17-28-14-3-1-2-4-15(14)29-17/h1-7,30H,9H2,(H,28,29). The number of H-pyrrole nitrogens is 1. The number of alkyl halides is 6. The van der Waals surface area contributed by atoms with Crippen LogP contribution >= 0.6 is 0 Å². The minimum Gasteiger partial charge on any atom is -0.507 e. The summed E-state index contributed by atoms with van der Waals surface area (Å²) in [6.45, 7) is -0.990. The third-order valence-corrected chi connectivity index (χ3v) is 4.19. The summed E-state index contributed by atoms with van der Waals surface area (Å²) in [6, 6.07) is 8.53. The van der Waals surface area contributed by atoms with E-state index in [1.807, 2.05) is 0 Å². The molecule has 2 aromatic carbocycles. The number of aromatic amines is 1. The molecule has 0 aliphatic rings. The van der Waals surface area contributed by atoms with Crippen LogP contribution < -0.4 is 0 Å². The number of hydrogen-bond donors (Lipinski definition) is 2. The number of halogens is 6. The van der Waals surface area contributed by atoms with E-state index in [0.717, 1.165) is 0 Å². The van der Waals surface area contributed by atoms with Crippen molar-refractivity contribution in [2.45, 2.75) is 12.4 Å². The fraction of sp³-hybridized carbons (Fsp3) is 0.150. The Morgan fingerprint density at radius 3 is 2.19 bits per heavy atom. The lowest BCUT2D eigenvalue weighted by Crippen LogP contribution is -2.15. The molecular weight excluding hydrogens is 444 g/mol. The van der Waals surface area contributed by atoms with Crippen molar-refractivity contribution in [3.8, 4) is 6.07 Å². The topological polar surface area (TPSA) is 99.0 Å². The lowest BCUT2D eigenvalue weighted by Gasteiger charge is -2.14. The van der Waals surface area contributed by atoms with Gasteiger partial charge in [-0.05, 0) is 30.3 Å². The number of hydrogen-bond acceptors (Lipinski definition) is 5. The number of carbonyl (C=O) groups excluding carboxylic acids is 1. The number of aliphatic hydroxyl groups is 1. The first-order valence-corrected chi connectivity index (χ1v) is 8.64. The van der Waals surface area contributed by atoms with Crippen LogP contribution in [0.25, 0.3) is 16.6 Å². The highest BCUT2D eigenvalue weighted by Gasteiger charge is 2.37. The second-order valence-electron chi connectivity index (χ2n) is 6.41. The number of esters is 1. The molecule has 0 radical (unpaired) electrons. The fourth-order valence-electron chi connectivity index (χ4n) is 2.69. The molecule has 0 fully saturated rings. The SMILES string of the molecule is N#CC(=C(O)COC(=O)c1cc(C(F)(F)F)cc(C(F)(F)F)c1)c1nc2ccccc2[nH]1. The van der Waals surface area contributed by atoms with E-state index in [4.69, 9.17) is 0 Å². The molecule has 0 saturated carbocycles. The van der Waals surface area contributed by atoms with Gasteiger partial charge in [-0.3, -0.25) is 0 Å². The molecule has 0 bridgehead atoms. The zero-order valence-electron chi connectivity index (χ0n) is 15.7. The predicted molar refractivity (Wildman–Crippen MR) is 98.0 cm³/mol. The van der Waals surface area contributed by atoms with E-state index in [-0.39, 0.29) is 24.0 Å². The molecule has 3 aromatic rings. The van der Waals surface area contributed by atoms with Gasteiger partial charge in [0.25, 0.3) is 0 Å². The van der Waals surface area contributed by atoms with E-state index in [9.17, 15) is 41.5 Å². The molecule has 12 heteroatoms. The molecule has 0 saturated heterocycles. The molecule has 0 aliphatic heterocycles. The molecule has 166 valence electrons. The lowest BCUT2D eigenvalue weighted by molar-refractivity contribution is -0.143. The van der Waals surface area contributed by atoms with E-state index >= 15 is 0 Å². The molecule has 3 rings (SSSR count). The maximum absolute atomic E-state index is 12.9. The van der Waals surface area contributed by atoms with Gasteiger partial charge < -0.3 is 14.8 Å². The van der Waals surface area contributed by atoms with Gasteiger partial charge in [0.1, 0.15) is 18.2 Å². The fourth-order valence-corrected chi connectivity index (χ4v) is 2.69. The molecule has 0 aliphatic carbocycles. The highest BCUT2D eigenvalue weighted by atomic mass is 19.4. The Morgan fingerprint density at radius 1 is 1.06 bits per heavy atom. The van der Waals surface area contributed by atoms with Gasteiger partial charge >= 0.3 is 18.3 Å². The number of nitrogens with one attached hydrogen (secondary N) is 1. The van der Waals surface area contributed by atoms with Gasteiger partial charge in [-0.15, -0.1) is 0 Å². The van der Waals surface area contributed by atoms with Crippen molar-refractivity contribution in [3.05, 3.63) is 70.7 Å². The van der Waals surface area contributed by atoms with E-state index in [0.29, 0.717) is 11.0 Å². The van der Waals surface area contributed by atoms with Gasteiger partial charge in [-0.2, -0.15) is 31.6 Å². The molecule has 0 amide bonds. The smallest absolute Gasteiger partial charge is 0.416 e. The van der Waals surface area contributed by atoms with Crippen LogP contribution in [0.4, 0.5) is 26.3 Å². The van der Waals surface area contributed by atoms with E-state index in [1.54, 1.807) is 30.3 Å². The summed E-state index contributed by atoms with van der Waals surface area (Å²) in [5.41, 5.74) is -3.85. The molecule has 0 atom stereocenters. The van der Waals surface area contributed by atoms with Crippen molar-refractivity contribution >= 4 is 22.6 Å². The number of rotatable bonds is 4. The average Bonchev–Trinajstić information content (AvgIpc) is 3.14. The number of fused-ring (bicyclic) bond motifs is 1. The van der Waals surface area contributed by atoms with Gasteiger partial charge in [0, 0.05) is 0 Å². The van der Waals surface area contributed by atoms with Gasteiger partial charge in [-0.25, -0.2) is 9.78 Å². The van der Waals surface area contributed by atoms with Gasteiger partial charge in [-0.1, -0.05) is 12.1 Å². The van der Waals surface area contributed by atoms with Crippen molar-refractivity contribution in [1.82, 2.24) is 9.97 Å². The van der Waals surface area contributed by atoms with Crippen molar-refractivity contribution < 1.29 is 41.0 Å². The van der Waals surface area contributed by atoms with Crippen LogP contribution in [0.15, 0.2) is 48.2 Å². The van der Waals surface area contributed by atoms with Crippen molar-refractivity contribution in [3.63, 3.8) is 0 Å². The van der Waals surface area contributed by atoms with Gasteiger partial charge in [0.05, 0.1) is 27.7 Å². The molecule has 0 unspecified atom stereocenters. The summed E-state index contributed by atoms with van der Waals surface area (Å²) in [6.07, 6.45) is -10.3. The van der Waals surface area contributed by atoms with Crippen molar-refractivity contribution in [2.24, 2.45) is 0 Å². The Morgan fingerprint density at radius 2 is 1.66 bits per heavy atom. The second kappa shape index (κ2) is 8.26. The summed E-state index contributed by atoms with van der Waals surface area (Å²) < 4.78 is 82.2. The lowest BCUT2D eigenvalue weighted by atomic mass is 10.0. The number of ether oxygens (including phenoxy) is 1. The van der Waals surface area contributed by atoms with Crippen LogP contribution in [0.2, 0.25) is 0 Å². The number of imidazole rings is 1. The molecular formula is C20H11F6N3O3. The second-order valence-corrected chi connectivity index (χ2v) is 6.41. The van der Waals surface area contributed by atoms with Gasteiger partial charge in [0.2, 0.25) is 0 Å². The molecule has 6 nitrogen and oxygen atoms in total. The quantitative estimate of drug-likeness (QED) is 0.242. The van der Waals surface area contributed by atoms with Crippen LogP contribution in [0.1, 0.15) is 27.3 Å². The largest absolute Gasteiger partial charge is 0.507 e. The van der Waals surface area contributed by atoms with Crippen LogP contribution in [0.5, 0.6) is 0 Å². The number of carbonyl (C=O) groups is 1. The Kier molecular flexibility index (Phi) is 5.85. The number of aliphatic hydroxyl groups excluding tert-OH is 1. The van der Waals surface area contributed by atoms with E-state index in [2.05, 4.69) is 14.7 Å². The van der Waals surface area contributed by atoms with Crippen LogP contribution in [0, 0.1) is 11.3 Å². The highest BCUT2D eigenvalue weighted by molar-refractivity contribution is 5.90. The highest BCUT2D eigenvalue weighted by Crippen LogP contribution is 2.36. The monoisotopic (exact) mass is 455 g/mol. The normalized spacial score (nSPS) is 12.9. The first-order chi connectivity index (χ1) is 14.9. The molecule has 32 heavy (non-hydrogen) atoms. The van der Waals surface area contributed by atoms with E-state index in [1.165, 1.54) is 0 Å². The summed E-state index contributed by atoms with van der Waals surface area (Å²) in [5, 5.41) is 19.4. The molecule has 2 N–H and O–H groups in total. The minimum atomic E-state index is -5.15. The molecule has 0 spiro atoms. The number of para-hydroxylation sites is 2. The first kappa shape index (κ1) is 22.7. The van der Waals surface area contributed by atoms with Crippen molar-refractivity contribution in [1.29, 1.82) is 5.26 Å². The maximum atomic E-state index is 12.9. The molecule has 1 aromatic heterocycles. The molecule has 1 heterocycles. The number of allylic oxidation sites excluding steroid dienone is 1. The summed E-state index contributed by atoms with van der Waals surface area (Å²) >= 11 is 0. The Hall–Kier alpha value is -4.01. The van der Waals surface area contributed by atoms with Crippen molar-refractivity contribution in [2.75, 3.05) is 6.61 Å². The maximum Gasteiger partial charge on any atom is 0.416 e. The van der Waals surface area contributed by atoms with E-state index < -0.39 is 53.0 Å². The van der Waals surface area contributed by atoms with Gasteiger partial charge in [0.15, 0.2) is 11.6 Å². The Bertz CT molecular complexity index is 1190. The van der Waals surface area contributed by atoms with Crippen LogP contribution in [-0.2, 0) is 17.1 Å². The Balaban J connectivity index is 1.87. The van der Waals surface area contributed by atoms with Crippen LogP contribution in [-0.4, -0.2) is 27.7 Å². The number of nitriles is 1. The summed E-state index contributed by atoms with van der Waals surface area (Å²) in [7, 11) is 0.